The molecule has 1 aliphatic carbocycles. The molecule has 5 nitrogen and oxygen atoms in total. The lowest BCUT2D eigenvalue weighted by Crippen LogP contribution is -2.43. The number of hydrogen-bond donors (Lipinski definition) is 1. The third-order valence-electron chi connectivity index (χ3n) is 4.50. The molecule has 0 spiro atoms. The molecule has 20 heavy (non-hydrogen) atoms. The number of hydrogen-bond acceptors (Lipinski definition) is 3. The fourth-order valence-electron chi connectivity index (χ4n) is 3.15. The van der Waals surface area contributed by atoms with Crippen molar-refractivity contribution in [3.05, 3.63) is 0 Å². The molecule has 0 radical (unpaired) electrons. The van der Waals surface area contributed by atoms with Gasteiger partial charge in [0.15, 0.2) is 0 Å². The van der Waals surface area contributed by atoms with Crippen molar-refractivity contribution in [2.75, 3.05) is 26.7 Å². The molecule has 1 unspecified atom stereocenters. The zero-order valence-electron chi connectivity index (χ0n) is 12.1. The van der Waals surface area contributed by atoms with Crippen LogP contribution in [-0.2, 0) is 9.59 Å². The maximum absolute atomic E-state index is 12.2. The number of carbonyl (C=O) groups excluding carboxylic acids is 1. The summed E-state index contributed by atoms with van der Waals surface area (Å²) < 4.78 is 0. The van der Waals surface area contributed by atoms with Crippen LogP contribution in [0.25, 0.3) is 0 Å². The molecule has 1 saturated heterocycles. The van der Waals surface area contributed by atoms with Crippen LogP contribution in [0.15, 0.2) is 0 Å². The van der Waals surface area contributed by atoms with E-state index < -0.39 is 5.97 Å². The van der Waals surface area contributed by atoms with Gasteiger partial charge in [-0.3, -0.25) is 14.5 Å². The molecule has 0 aromatic carbocycles. The molecule has 6 heteroatoms. The lowest BCUT2D eigenvalue weighted by molar-refractivity contribution is -0.141. The summed E-state index contributed by atoms with van der Waals surface area (Å²) in [5.74, 6) is -0.902. The Balaban J connectivity index is 0.00000200. The molecule has 0 aromatic rings. The van der Waals surface area contributed by atoms with E-state index in [2.05, 4.69) is 0 Å². The molecule has 1 saturated carbocycles. The Bertz CT molecular complexity index is 345. The summed E-state index contributed by atoms with van der Waals surface area (Å²) in [5.41, 5.74) is 0. The number of carbonyl (C=O) groups is 2. The molecule has 1 heterocycles. The highest BCUT2D eigenvalue weighted by atomic mass is 35.5. The number of halogens is 1. The standard InChI is InChI=1S/C14H24N2O3.ClH/c1-15(12-5-3-2-4-6-12)13(17)10-16-8-7-11(9-16)14(18)19;/h11-12H,2-10H2,1H3,(H,18,19);1H. The highest BCUT2D eigenvalue weighted by molar-refractivity contribution is 5.85. The topological polar surface area (TPSA) is 60.9 Å². The first-order chi connectivity index (χ1) is 9.08. The quantitative estimate of drug-likeness (QED) is 0.857. The van der Waals surface area contributed by atoms with Gasteiger partial charge in [0.2, 0.25) is 5.91 Å². The molecule has 0 aromatic heterocycles. The molecular formula is C14H25ClN2O3. The van der Waals surface area contributed by atoms with E-state index in [1.54, 1.807) is 0 Å². The fraction of sp³-hybridized carbons (Fsp3) is 0.857. The van der Waals surface area contributed by atoms with Gasteiger partial charge in [0.25, 0.3) is 0 Å². The first-order valence-electron chi connectivity index (χ1n) is 7.28. The van der Waals surface area contributed by atoms with Crippen molar-refractivity contribution in [3.8, 4) is 0 Å². The largest absolute Gasteiger partial charge is 0.481 e. The van der Waals surface area contributed by atoms with Crippen molar-refractivity contribution >= 4 is 24.3 Å². The number of likely N-dealkylation sites (tertiary alicyclic amines) is 1. The Labute approximate surface area is 126 Å². The van der Waals surface area contributed by atoms with Gasteiger partial charge < -0.3 is 10.0 Å². The normalized spacial score (nSPS) is 24.1. The van der Waals surface area contributed by atoms with E-state index in [4.69, 9.17) is 5.11 Å². The second-order valence-corrected chi connectivity index (χ2v) is 5.86. The first kappa shape index (κ1) is 17.2. The van der Waals surface area contributed by atoms with Crippen molar-refractivity contribution in [2.24, 2.45) is 5.92 Å². The van der Waals surface area contributed by atoms with Gasteiger partial charge in [-0.15, -0.1) is 12.4 Å². The minimum absolute atomic E-state index is 0. The highest BCUT2D eigenvalue weighted by Crippen LogP contribution is 2.22. The summed E-state index contributed by atoms with van der Waals surface area (Å²) in [6.07, 6.45) is 6.60. The predicted molar refractivity (Wildman–Crippen MR) is 79.1 cm³/mol. The van der Waals surface area contributed by atoms with Gasteiger partial charge in [-0.05, 0) is 25.8 Å². The number of nitrogens with zero attached hydrogens (tertiary/aromatic N) is 2. The minimum atomic E-state index is -0.740. The van der Waals surface area contributed by atoms with Gasteiger partial charge in [-0.25, -0.2) is 0 Å². The van der Waals surface area contributed by atoms with Gasteiger partial charge in [0, 0.05) is 19.6 Å². The fourth-order valence-corrected chi connectivity index (χ4v) is 3.15. The van der Waals surface area contributed by atoms with Gasteiger partial charge in [0.1, 0.15) is 0 Å². The van der Waals surface area contributed by atoms with E-state index in [1.807, 2.05) is 16.8 Å². The van der Waals surface area contributed by atoms with Crippen LogP contribution < -0.4 is 0 Å². The summed E-state index contributed by atoms with van der Waals surface area (Å²) in [6.45, 7) is 1.61. The molecule has 2 rings (SSSR count). The van der Waals surface area contributed by atoms with Crippen LogP contribution in [0.3, 0.4) is 0 Å². The van der Waals surface area contributed by atoms with Crippen LogP contribution >= 0.6 is 12.4 Å². The van der Waals surface area contributed by atoms with Gasteiger partial charge in [-0.2, -0.15) is 0 Å². The third-order valence-corrected chi connectivity index (χ3v) is 4.50. The highest BCUT2D eigenvalue weighted by Gasteiger charge is 2.30. The van der Waals surface area contributed by atoms with Crippen LogP contribution in [0.5, 0.6) is 0 Å². The second-order valence-electron chi connectivity index (χ2n) is 5.86. The van der Waals surface area contributed by atoms with Crippen molar-refractivity contribution in [3.63, 3.8) is 0 Å². The number of carboxylic acid groups (broad SMARTS) is 1. The molecule has 0 bridgehead atoms. The lowest BCUT2D eigenvalue weighted by Gasteiger charge is -2.32. The van der Waals surface area contributed by atoms with Crippen molar-refractivity contribution in [1.29, 1.82) is 0 Å². The zero-order chi connectivity index (χ0) is 13.8. The maximum atomic E-state index is 12.2. The lowest BCUT2D eigenvalue weighted by atomic mass is 9.94. The number of likely N-dealkylation sites (N-methyl/N-ethyl adjacent to an activating group) is 1. The summed E-state index contributed by atoms with van der Waals surface area (Å²) in [4.78, 5) is 27.0. The zero-order valence-corrected chi connectivity index (χ0v) is 12.9. The first-order valence-corrected chi connectivity index (χ1v) is 7.28. The Kier molecular flexibility index (Phi) is 6.76. The summed E-state index contributed by atoms with van der Waals surface area (Å²) in [6, 6.07) is 0.388. The maximum Gasteiger partial charge on any atom is 0.307 e. The Morgan fingerprint density at radius 2 is 1.85 bits per heavy atom. The number of rotatable bonds is 4. The third kappa shape index (κ3) is 4.35. The number of aliphatic carboxylic acids is 1. The molecule has 1 amide bonds. The smallest absolute Gasteiger partial charge is 0.307 e. The molecule has 2 aliphatic rings. The summed E-state index contributed by atoms with van der Waals surface area (Å²) >= 11 is 0. The van der Waals surface area contributed by atoms with Crippen molar-refractivity contribution in [2.45, 2.75) is 44.6 Å². The van der Waals surface area contributed by atoms with E-state index in [1.165, 1.54) is 19.3 Å². The van der Waals surface area contributed by atoms with Crippen LogP contribution in [-0.4, -0.2) is 59.5 Å². The van der Waals surface area contributed by atoms with Crippen molar-refractivity contribution in [1.82, 2.24) is 9.80 Å². The van der Waals surface area contributed by atoms with E-state index in [-0.39, 0.29) is 24.2 Å². The van der Waals surface area contributed by atoms with Crippen molar-refractivity contribution < 1.29 is 14.7 Å². The average molecular weight is 305 g/mol. The predicted octanol–water partition coefficient (Wildman–Crippen LogP) is 1.61. The molecule has 1 aliphatic heterocycles. The molecular weight excluding hydrogens is 280 g/mol. The molecule has 1 atom stereocenters. The van der Waals surface area contributed by atoms with Crippen LogP contribution in [0.4, 0.5) is 0 Å². The van der Waals surface area contributed by atoms with Crippen LogP contribution in [0, 0.1) is 5.92 Å². The van der Waals surface area contributed by atoms with Gasteiger partial charge >= 0.3 is 5.97 Å². The Hall–Kier alpha value is -0.810. The summed E-state index contributed by atoms with van der Waals surface area (Å²) in [7, 11) is 1.89. The minimum Gasteiger partial charge on any atom is -0.481 e. The second kappa shape index (κ2) is 7.84. The van der Waals surface area contributed by atoms with E-state index in [0.717, 1.165) is 19.4 Å². The van der Waals surface area contributed by atoms with E-state index >= 15 is 0 Å². The van der Waals surface area contributed by atoms with Gasteiger partial charge in [0.05, 0.1) is 12.5 Å². The number of carboxylic acids is 1. The van der Waals surface area contributed by atoms with E-state index in [0.29, 0.717) is 25.6 Å². The molecule has 116 valence electrons. The van der Waals surface area contributed by atoms with E-state index in [9.17, 15) is 9.59 Å². The summed E-state index contributed by atoms with van der Waals surface area (Å²) in [5, 5.41) is 8.96. The Morgan fingerprint density at radius 3 is 2.40 bits per heavy atom. The monoisotopic (exact) mass is 304 g/mol. The Morgan fingerprint density at radius 1 is 1.20 bits per heavy atom. The average Bonchev–Trinajstić information content (AvgIpc) is 2.87. The van der Waals surface area contributed by atoms with Gasteiger partial charge in [-0.1, -0.05) is 19.3 Å². The van der Waals surface area contributed by atoms with Crippen LogP contribution in [0.1, 0.15) is 38.5 Å². The molecule has 2 fully saturated rings. The number of amides is 1. The SMILES string of the molecule is CN(C(=O)CN1CCC(C(=O)O)C1)C1CCCCC1.Cl. The van der Waals surface area contributed by atoms with Crippen LogP contribution in [0.2, 0.25) is 0 Å². The molecule has 1 N–H and O–H groups in total.